The lowest BCUT2D eigenvalue weighted by Gasteiger charge is -2.10. The van der Waals surface area contributed by atoms with E-state index in [1.807, 2.05) is 13.8 Å². The summed E-state index contributed by atoms with van der Waals surface area (Å²) >= 11 is 0. The van der Waals surface area contributed by atoms with E-state index in [0.29, 0.717) is 0 Å². The number of rotatable bonds is 5. The highest BCUT2D eigenvalue weighted by Crippen LogP contribution is 2.20. The minimum absolute atomic E-state index is 0.772. The van der Waals surface area contributed by atoms with Gasteiger partial charge in [-0.2, -0.15) is 0 Å². The van der Waals surface area contributed by atoms with Gasteiger partial charge < -0.3 is 5.73 Å². The predicted octanol–water partition coefficient (Wildman–Crippen LogP) is 4.86. The van der Waals surface area contributed by atoms with E-state index >= 15 is 0 Å². The van der Waals surface area contributed by atoms with Crippen molar-refractivity contribution in [1.82, 2.24) is 0 Å². The molecule has 0 radical (unpaired) electrons. The van der Waals surface area contributed by atoms with Gasteiger partial charge in [-0.25, -0.2) is 0 Å². The van der Waals surface area contributed by atoms with Crippen LogP contribution < -0.4 is 5.73 Å². The zero-order chi connectivity index (χ0) is 13.6. The molecule has 0 aromatic carbocycles. The van der Waals surface area contributed by atoms with Crippen molar-refractivity contribution in [2.45, 2.75) is 53.9 Å². The van der Waals surface area contributed by atoms with Gasteiger partial charge in [0.1, 0.15) is 0 Å². The van der Waals surface area contributed by atoms with E-state index in [1.54, 1.807) is 0 Å². The lowest BCUT2D eigenvalue weighted by molar-refractivity contribution is 0.812. The number of hydrogen-bond donors (Lipinski definition) is 1. The Morgan fingerprint density at radius 1 is 1.12 bits per heavy atom. The topological polar surface area (TPSA) is 26.0 Å². The van der Waals surface area contributed by atoms with Crippen LogP contribution in [-0.2, 0) is 0 Å². The molecule has 2 N–H and O–H groups in total. The van der Waals surface area contributed by atoms with Crippen LogP contribution in [0.25, 0.3) is 0 Å². The summed E-state index contributed by atoms with van der Waals surface area (Å²) in [6.45, 7) is 21.3. The molecule has 0 rings (SSSR count). The van der Waals surface area contributed by atoms with Crippen molar-refractivity contribution in [3.05, 3.63) is 36.5 Å². The highest BCUT2D eigenvalue weighted by Gasteiger charge is 2.01. The van der Waals surface area contributed by atoms with Crippen molar-refractivity contribution in [3.8, 4) is 0 Å². The third kappa shape index (κ3) is 11.3. The Balaban J connectivity index is -0.000000376. The summed E-state index contributed by atoms with van der Waals surface area (Å²) in [5.74, 6) is 0. The maximum Gasteiger partial charge on any atom is -0.00741 e. The molecule has 0 saturated heterocycles. The summed E-state index contributed by atoms with van der Waals surface area (Å²) in [6.07, 6.45) is 3.20. The van der Waals surface area contributed by atoms with E-state index in [0.717, 1.165) is 25.8 Å². The van der Waals surface area contributed by atoms with Crippen LogP contribution in [0.15, 0.2) is 36.5 Å². The molecule has 0 fully saturated rings. The smallest absolute Gasteiger partial charge is 0.00741 e. The van der Waals surface area contributed by atoms with Crippen LogP contribution in [0.4, 0.5) is 0 Å². The first-order valence-electron chi connectivity index (χ1n) is 6.18. The molecular formula is C15H31N. The van der Waals surface area contributed by atoms with Gasteiger partial charge in [-0.1, -0.05) is 38.5 Å². The molecule has 0 aliphatic heterocycles. The molecule has 0 unspecified atom stereocenters. The predicted molar refractivity (Wildman–Crippen MR) is 78.7 cm³/mol. The molecule has 0 aromatic rings. The lowest BCUT2D eigenvalue weighted by Crippen LogP contribution is -2.00. The van der Waals surface area contributed by atoms with Gasteiger partial charge in [0, 0.05) is 0 Å². The molecule has 0 heterocycles. The number of hydrogen-bond acceptors (Lipinski definition) is 1. The van der Waals surface area contributed by atoms with E-state index in [9.17, 15) is 0 Å². The van der Waals surface area contributed by atoms with Gasteiger partial charge in [0.05, 0.1) is 0 Å². The minimum Gasteiger partial charge on any atom is -0.330 e. The van der Waals surface area contributed by atoms with Gasteiger partial charge in [-0.05, 0) is 45.2 Å². The molecule has 0 aliphatic rings. The van der Waals surface area contributed by atoms with Gasteiger partial charge >= 0.3 is 0 Å². The maximum absolute atomic E-state index is 5.47. The monoisotopic (exact) mass is 225 g/mol. The highest BCUT2D eigenvalue weighted by atomic mass is 14.5. The molecule has 0 bridgehead atoms. The van der Waals surface area contributed by atoms with Crippen molar-refractivity contribution in [3.63, 3.8) is 0 Å². The Morgan fingerprint density at radius 2 is 1.56 bits per heavy atom. The quantitative estimate of drug-likeness (QED) is 0.525. The van der Waals surface area contributed by atoms with E-state index in [4.69, 9.17) is 5.73 Å². The van der Waals surface area contributed by atoms with Crippen molar-refractivity contribution in [1.29, 1.82) is 0 Å². The van der Waals surface area contributed by atoms with Gasteiger partial charge in [-0.3, -0.25) is 0 Å². The van der Waals surface area contributed by atoms with E-state index in [1.165, 1.54) is 16.7 Å². The minimum atomic E-state index is 0.772. The molecule has 0 atom stereocenters. The van der Waals surface area contributed by atoms with Crippen LogP contribution >= 0.6 is 0 Å². The molecule has 1 heteroatoms. The Kier molecular flexibility index (Phi) is 21.4. The Bertz CT molecular complexity index is 186. The first kappa shape index (κ1) is 20.6. The highest BCUT2D eigenvalue weighted by molar-refractivity contribution is 5.31. The van der Waals surface area contributed by atoms with E-state index in [2.05, 4.69) is 40.5 Å². The molecule has 0 aliphatic carbocycles. The molecule has 0 aromatic heterocycles. The fraction of sp³-hybridized carbons (Fsp3) is 0.600. The zero-order valence-electron chi connectivity index (χ0n) is 12.0. The van der Waals surface area contributed by atoms with Crippen LogP contribution in [0.5, 0.6) is 0 Å². The standard InChI is InChI=1S/C11H21N.C2H6.C2H4/c1-5-10(4)11(9(2)3)7-6-8-12;2*1-2/h4-8,12H2,1-3H3;1-2H3;1-2H2. The second-order valence-electron chi connectivity index (χ2n) is 3.33. The first-order valence-corrected chi connectivity index (χ1v) is 6.18. The number of nitrogens with two attached hydrogens (primary N) is 1. The van der Waals surface area contributed by atoms with Gasteiger partial charge in [0.2, 0.25) is 0 Å². The zero-order valence-corrected chi connectivity index (χ0v) is 12.0. The molecule has 16 heavy (non-hydrogen) atoms. The average molecular weight is 225 g/mol. The van der Waals surface area contributed by atoms with Gasteiger partial charge in [0.15, 0.2) is 0 Å². The van der Waals surface area contributed by atoms with Crippen LogP contribution in [0.3, 0.4) is 0 Å². The van der Waals surface area contributed by atoms with Crippen molar-refractivity contribution in [2.75, 3.05) is 6.54 Å². The van der Waals surface area contributed by atoms with Crippen molar-refractivity contribution >= 4 is 0 Å². The molecular weight excluding hydrogens is 194 g/mol. The summed E-state index contributed by atoms with van der Waals surface area (Å²) in [7, 11) is 0. The third-order valence-electron chi connectivity index (χ3n) is 2.09. The SMILES string of the molecule is C=C.C=C(CC)C(CCCN)=C(C)C.CC. The average Bonchev–Trinajstić information content (AvgIpc) is 2.34. The third-order valence-corrected chi connectivity index (χ3v) is 2.09. The molecule has 0 amide bonds. The Labute approximate surface area is 103 Å². The lowest BCUT2D eigenvalue weighted by atomic mass is 9.96. The maximum atomic E-state index is 5.47. The van der Waals surface area contributed by atoms with Gasteiger partial charge in [-0.15, -0.1) is 13.2 Å². The molecule has 0 saturated carbocycles. The van der Waals surface area contributed by atoms with Crippen molar-refractivity contribution in [2.24, 2.45) is 5.73 Å². The van der Waals surface area contributed by atoms with Crippen LogP contribution in [0.2, 0.25) is 0 Å². The molecule has 1 nitrogen and oxygen atoms in total. The van der Waals surface area contributed by atoms with Crippen LogP contribution in [0, 0.1) is 0 Å². The normalized spacial score (nSPS) is 7.88. The van der Waals surface area contributed by atoms with E-state index < -0.39 is 0 Å². The Hall–Kier alpha value is -0.820. The summed E-state index contributed by atoms with van der Waals surface area (Å²) in [5.41, 5.74) is 9.54. The first-order chi connectivity index (χ1) is 7.63. The van der Waals surface area contributed by atoms with Crippen molar-refractivity contribution < 1.29 is 0 Å². The number of allylic oxidation sites excluding steroid dienone is 3. The van der Waals surface area contributed by atoms with E-state index in [-0.39, 0.29) is 0 Å². The van der Waals surface area contributed by atoms with Crippen LogP contribution in [-0.4, -0.2) is 6.54 Å². The summed E-state index contributed by atoms with van der Waals surface area (Å²) in [6, 6.07) is 0. The van der Waals surface area contributed by atoms with Crippen LogP contribution in [0.1, 0.15) is 53.9 Å². The summed E-state index contributed by atoms with van der Waals surface area (Å²) in [5, 5.41) is 0. The molecule has 96 valence electrons. The largest absolute Gasteiger partial charge is 0.330 e. The fourth-order valence-electron chi connectivity index (χ4n) is 1.27. The summed E-state index contributed by atoms with van der Waals surface area (Å²) in [4.78, 5) is 0. The fourth-order valence-corrected chi connectivity index (χ4v) is 1.27. The molecule has 0 spiro atoms. The Morgan fingerprint density at radius 3 is 1.81 bits per heavy atom. The van der Waals surface area contributed by atoms with Gasteiger partial charge in [0.25, 0.3) is 0 Å². The summed E-state index contributed by atoms with van der Waals surface area (Å²) < 4.78 is 0. The second-order valence-corrected chi connectivity index (χ2v) is 3.33. The second kappa shape index (κ2) is 16.6.